The van der Waals surface area contributed by atoms with Crippen molar-refractivity contribution in [2.45, 2.75) is 31.6 Å². The quantitative estimate of drug-likeness (QED) is 0.274. The molecule has 2 aliphatic heterocycles. The van der Waals surface area contributed by atoms with Crippen LogP contribution >= 0.6 is 0 Å². The number of allylic oxidation sites excluding steroid dienone is 2. The highest BCUT2D eigenvalue weighted by Crippen LogP contribution is 2.58. The summed E-state index contributed by atoms with van der Waals surface area (Å²) in [5.74, 6) is -4.34. The van der Waals surface area contributed by atoms with Gasteiger partial charge in [0.15, 0.2) is 0 Å². The van der Waals surface area contributed by atoms with Gasteiger partial charge in [-0.05, 0) is 73.1 Å². The standard InChI is InChI=1S/C36H34N2O7/c39-22-9-5-20(6-10-22)15-17-37-33(42)26-14-13-24-27(31(26)35(37)44)19-28-32(30(24)25-3-1-2-4-29(25)41)36(45)38(34(28)43)18-16-21-7-11-23(40)12-8-21/h1-13,26-28,30-32,39-41H,14-19H2/t26-,27+,28+,30+,31-,32+/m0/s1. The first-order valence-corrected chi connectivity index (χ1v) is 15.5. The number of likely N-dealkylation sites (tertiary alicyclic amines) is 2. The number of carbonyl (C=O) groups excluding carboxylic acids is 4. The van der Waals surface area contributed by atoms with Gasteiger partial charge in [0.25, 0.3) is 0 Å². The number of para-hydroxylation sites is 1. The summed E-state index contributed by atoms with van der Waals surface area (Å²) in [6.45, 7) is 0.399. The van der Waals surface area contributed by atoms with E-state index in [1.165, 1.54) is 9.80 Å². The lowest BCUT2D eigenvalue weighted by Gasteiger charge is -2.44. The number of nitrogens with zero attached hydrogens (tertiary/aromatic N) is 2. The van der Waals surface area contributed by atoms with E-state index in [-0.39, 0.29) is 60.4 Å². The molecule has 6 atom stereocenters. The van der Waals surface area contributed by atoms with Crippen molar-refractivity contribution in [3.05, 3.63) is 101 Å². The molecule has 2 aliphatic carbocycles. The molecule has 230 valence electrons. The minimum absolute atomic E-state index is 0.0251. The summed E-state index contributed by atoms with van der Waals surface area (Å²) in [7, 11) is 0. The first-order valence-electron chi connectivity index (χ1n) is 15.5. The van der Waals surface area contributed by atoms with Gasteiger partial charge in [0.1, 0.15) is 17.2 Å². The van der Waals surface area contributed by atoms with E-state index < -0.39 is 35.5 Å². The van der Waals surface area contributed by atoms with Crippen LogP contribution in [0.25, 0.3) is 0 Å². The highest BCUT2D eigenvalue weighted by atomic mass is 16.3. The largest absolute Gasteiger partial charge is 0.508 e. The lowest BCUT2D eigenvalue weighted by Crippen LogP contribution is -2.43. The summed E-state index contributed by atoms with van der Waals surface area (Å²) >= 11 is 0. The second kappa shape index (κ2) is 11.2. The van der Waals surface area contributed by atoms with Crippen molar-refractivity contribution >= 4 is 23.6 Å². The molecule has 0 bridgehead atoms. The molecule has 3 aromatic rings. The van der Waals surface area contributed by atoms with Crippen molar-refractivity contribution in [3.8, 4) is 17.2 Å². The van der Waals surface area contributed by atoms with Crippen LogP contribution in [-0.4, -0.2) is 61.8 Å². The number of imide groups is 2. The molecule has 7 rings (SSSR count). The molecule has 3 fully saturated rings. The summed E-state index contributed by atoms with van der Waals surface area (Å²) in [5, 5.41) is 30.2. The predicted octanol–water partition coefficient (Wildman–Crippen LogP) is 3.92. The lowest BCUT2D eigenvalue weighted by molar-refractivity contribution is -0.142. The molecular formula is C36H34N2O7. The Morgan fingerprint density at radius 3 is 1.71 bits per heavy atom. The van der Waals surface area contributed by atoms with Gasteiger partial charge in [0.2, 0.25) is 23.6 Å². The molecule has 2 saturated heterocycles. The average molecular weight is 607 g/mol. The van der Waals surface area contributed by atoms with Crippen LogP contribution in [0.4, 0.5) is 0 Å². The second-order valence-electron chi connectivity index (χ2n) is 12.6. The van der Waals surface area contributed by atoms with Crippen molar-refractivity contribution in [1.82, 2.24) is 9.80 Å². The van der Waals surface area contributed by atoms with Crippen LogP contribution in [0.2, 0.25) is 0 Å². The Labute approximate surface area is 260 Å². The Morgan fingerprint density at radius 2 is 1.13 bits per heavy atom. The highest BCUT2D eigenvalue weighted by molar-refractivity contribution is 6.08. The molecule has 4 amide bonds. The summed E-state index contributed by atoms with van der Waals surface area (Å²) in [6, 6.07) is 20.2. The fourth-order valence-electron chi connectivity index (χ4n) is 8.07. The summed E-state index contributed by atoms with van der Waals surface area (Å²) in [6.07, 6.45) is 3.50. The Bertz CT molecular complexity index is 1710. The maximum atomic E-state index is 14.0. The van der Waals surface area contributed by atoms with E-state index in [0.29, 0.717) is 24.8 Å². The molecule has 45 heavy (non-hydrogen) atoms. The molecule has 4 aliphatic rings. The van der Waals surface area contributed by atoms with Gasteiger partial charge in [-0.15, -0.1) is 0 Å². The number of hydrogen-bond donors (Lipinski definition) is 3. The number of carbonyl (C=O) groups is 4. The molecule has 0 radical (unpaired) electrons. The summed E-state index contributed by atoms with van der Waals surface area (Å²) < 4.78 is 0. The average Bonchev–Trinajstić information content (AvgIpc) is 3.43. The van der Waals surface area contributed by atoms with Gasteiger partial charge in [0, 0.05) is 24.6 Å². The molecule has 9 nitrogen and oxygen atoms in total. The van der Waals surface area contributed by atoms with Crippen LogP contribution in [0.1, 0.15) is 35.4 Å². The zero-order valence-corrected chi connectivity index (χ0v) is 24.6. The van der Waals surface area contributed by atoms with Crippen LogP contribution in [0.3, 0.4) is 0 Å². The Balaban J connectivity index is 1.19. The number of phenolic OH excluding ortho intramolecular Hbond substituents is 3. The number of benzene rings is 3. The molecule has 0 unspecified atom stereocenters. The third kappa shape index (κ3) is 4.87. The van der Waals surface area contributed by atoms with Crippen molar-refractivity contribution in [3.63, 3.8) is 0 Å². The van der Waals surface area contributed by atoms with E-state index in [1.807, 2.05) is 6.08 Å². The predicted molar refractivity (Wildman–Crippen MR) is 163 cm³/mol. The van der Waals surface area contributed by atoms with Crippen LogP contribution in [0.5, 0.6) is 17.2 Å². The normalized spacial score (nSPS) is 27.3. The van der Waals surface area contributed by atoms with Crippen LogP contribution in [0, 0.1) is 29.6 Å². The van der Waals surface area contributed by atoms with Gasteiger partial charge in [-0.3, -0.25) is 29.0 Å². The van der Waals surface area contributed by atoms with Crippen molar-refractivity contribution in [2.75, 3.05) is 13.1 Å². The number of fused-ring (bicyclic) bond motifs is 4. The van der Waals surface area contributed by atoms with Crippen molar-refractivity contribution in [1.29, 1.82) is 0 Å². The van der Waals surface area contributed by atoms with E-state index in [2.05, 4.69) is 0 Å². The molecule has 3 N–H and O–H groups in total. The van der Waals surface area contributed by atoms with E-state index in [1.54, 1.807) is 72.8 Å². The van der Waals surface area contributed by atoms with E-state index in [4.69, 9.17) is 0 Å². The molecule has 1 saturated carbocycles. The zero-order chi connectivity index (χ0) is 31.4. The van der Waals surface area contributed by atoms with E-state index >= 15 is 0 Å². The number of aromatic hydroxyl groups is 3. The van der Waals surface area contributed by atoms with E-state index in [0.717, 1.165) is 16.7 Å². The van der Waals surface area contributed by atoms with Gasteiger partial charge >= 0.3 is 0 Å². The molecule has 3 aromatic carbocycles. The maximum absolute atomic E-state index is 14.0. The molecule has 2 heterocycles. The first kappa shape index (κ1) is 28.8. The Kier molecular flexibility index (Phi) is 7.19. The SMILES string of the molecule is O=C1[C@H]2[C@H](CC=C3[C@H]2C[C@H]2C(=O)N(CCc4ccc(O)cc4)C(=O)[C@H]2[C@H]3c2ccccc2O)C(=O)N1CCc1ccc(O)cc1. The third-order valence-electron chi connectivity index (χ3n) is 10.2. The van der Waals surface area contributed by atoms with Gasteiger partial charge in [-0.25, -0.2) is 0 Å². The minimum Gasteiger partial charge on any atom is -0.508 e. The highest BCUT2D eigenvalue weighted by Gasteiger charge is 2.62. The molecule has 0 spiro atoms. The van der Waals surface area contributed by atoms with Gasteiger partial charge in [0.05, 0.1) is 23.7 Å². The molecule has 0 aromatic heterocycles. The summed E-state index contributed by atoms with van der Waals surface area (Å²) in [4.78, 5) is 58.2. The Hall–Kier alpha value is -4.92. The topological polar surface area (TPSA) is 135 Å². The lowest BCUT2D eigenvalue weighted by atomic mass is 9.57. The monoisotopic (exact) mass is 606 g/mol. The fourth-order valence-corrected chi connectivity index (χ4v) is 8.07. The second-order valence-corrected chi connectivity index (χ2v) is 12.6. The smallest absolute Gasteiger partial charge is 0.234 e. The maximum Gasteiger partial charge on any atom is 0.234 e. The molecule has 9 heteroatoms. The van der Waals surface area contributed by atoms with Crippen LogP contribution in [-0.2, 0) is 32.0 Å². The fraction of sp³-hybridized carbons (Fsp3) is 0.333. The van der Waals surface area contributed by atoms with Crippen molar-refractivity contribution in [2.24, 2.45) is 29.6 Å². The number of amides is 4. The minimum atomic E-state index is -0.720. The number of rotatable bonds is 7. The van der Waals surface area contributed by atoms with Crippen molar-refractivity contribution < 1.29 is 34.5 Å². The first-order chi connectivity index (χ1) is 21.7. The summed E-state index contributed by atoms with van der Waals surface area (Å²) in [5.41, 5.74) is 3.17. The van der Waals surface area contributed by atoms with E-state index in [9.17, 15) is 34.5 Å². The van der Waals surface area contributed by atoms with Gasteiger partial charge in [-0.2, -0.15) is 0 Å². The number of phenols is 3. The number of hydrogen-bond acceptors (Lipinski definition) is 7. The molecular weight excluding hydrogens is 572 g/mol. The van der Waals surface area contributed by atoms with Gasteiger partial charge in [-0.1, -0.05) is 54.1 Å². The van der Waals surface area contributed by atoms with Gasteiger partial charge < -0.3 is 15.3 Å². The Morgan fingerprint density at radius 1 is 0.600 bits per heavy atom. The zero-order valence-electron chi connectivity index (χ0n) is 24.6. The van der Waals surface area contributed by atoms with Crippen LogP contribution in [0.15, 0.2) is 84.4 Å². The third-order valence-corrected chi connectivity index (χ3v) is 10.2. The van der Waals surface area contributed by atoms with Crippen LogP contribution < -0.4 is 0 Å².